The van der Waals surface area contributed by atoms with E-state index in [2.05, 4.69) is 0 Å². The van der Waals surface area contributed by atoms with Gasteiger partial charge in [-0.15, -0.1) is 0 Å². The van der Waals surface area contributed by atoms with Gasteiger partial charge in [-0.2, -0.15) is 4.31 Å². The zero-order chi connectivity index (χ0) is 19.6. The Labute approximate surface area is 162 Å². The Morgan fingerprint density at radius 2 is 1.37 bits per heavy atom. The zero-order valence-electron chi connectivity index (χ0n) is 14.3. The summed E-state index contributed by atoms with van der Waals surface area (Å²) in [5.74, 6) is -0.774. The number of carbonyl (C=O) groups excluding carboxylic acids is 2. The number of nitrogens with two attached hydrogens (primary N) is 1. The Bertz CT molecular complexity index is 951. The average molecular weight is 408 g/mol. The summed E-state index contributed by atoms with van der Waals surface area (Å²) in [7, 11) is -3.62. The highest BCUT2D eigenvalue weighted by Crippen LogP contribution is 2.20. The van der Waals surface area contributed by atoms with Crippen LogP contribution in [0.15, 0.2) is 53.4 Å². The van der Waals surface area contributed by atoms with Crippen molar-refractivity contribution in [3.63, 3.8) is 0 Å². The van der Waals surface area contributed by atoms with Crippen LogP contribution in [0, 0.1) is 0 Å². The number of primary amides is 1. The topological polar surface area (TPSA) is 101 Å². The molecule has 0 aliphatic carbocycles. The third kappa shape index (κ3) is 4.13. The molecular formula is C18H18ClN3O4S. The lowest BCUT2D eigenvalue weighted by Crippen LogP contribution is -2.50. The van der Waals surface area contributed by atoms with Gasteiger partial charge in [0.05, 0.1) is 4.90 Å². The van der Waals surface area contributed by atoms with E-state index in [1.165, 1.54) is 40.7 Å². The lowest BCUT2D eigenvalue weighted by Gasteiger charge is -2.34. The Morgan fingerprint density at radius 3 is 1.89 bits per heavy atom. The molecule has 1 heterocycles. The number of hydrogen-bond acceptors (Lipinski definition) is 4. The van der Waals surface area contributed by atoms with E-state index in [9.17, 15) is 18.0 Å². The molecule has 0 unspecified atom stereocenters. The summed E-state index contributed by atoms with van der Waals surface area (Å²) in [6.45, 7) is 0.971. The van der Waals surface area contributed by atoms with Gasteiger partial charge in [-0.25, -0.2) is 8.42 Å². The van der Waals surface area contributed by atoms with E-state index < -0.39 is 15.9 Å². The summed E-state index contributed by atoms with van der Waals surface area (Å²) in [5.41, 5.74) is 5.94. The number of benzene rings is 2. The molecule has 0 saturated carbocycles. The van der Waals surface area contributed by atoms with Gasteiger partial charge in [0, 0.05) is 42.3 Å². The van der Waals surface area contributed by atoms with Crippen molar-refractivity contribution in [2.24, 2.45) is 5.73 Å². The van der Waals surface area contributed by atoms with Crippen LogP contribution in [0.3, 0.4) is 0 Å². The second-order valence-electron chi connectivity index (χ2n) is 6.09. The van der Waals surface area contributed by atoms with Crippen LogP contribution >= 0.6 is 11.6 Å². The van der Waals surface area contributed by atoms with Crippen molar-refractivity contribution >= 4 is 33.4 Å². The normalized spacial score (nSPS) is 15.5. The predicted octanol–water partition coefficient (Wildman–Crippen LogP) is 1.59. The van der Waals surface area contributed by atoms with Crippen LogP contribution < -0.4 is 5.73 Å². The molecule has 1 aliphatic rings. The summed E-state index contributed by atoms with van der Waals surface area (Å²) >= 11 is 5.81. The molecule has 2 N–H and O–H groups in total. The second-order valence-corrected chi connectivity index (χ2v) is 8.47. The average Bonchev–Trinajstić information content (AvgIpc) is 2.68. The number of piperazine rings is 1. The third-order valence-corrected chi connectivity index (χ3v) is 6.56. The van der Waals surface area contributed by atoms with E-state index in [1.807, 2.05) is 0 Å². The fraction of sp³-hybridized carbons (Fsp3) is 0.222. The highest BCUT2D eigenvalue weighted by Gasteiger charge is 2.30. The van der Waals surface area contributed by atoms with Crippen LogP contribution in [-0.2, 0) is 10.0 Å². The minimum atomic E-state index is -3.62. The van der Waals surface area contributed by atoms with Crippen LogP contribution in [-0.4, -0.2) is 55.6 Å². The number of carbonyl (C=O) groups is 2. The molecule has 0 atom stereocenters. The number of rotatable bonds is 4. The minimum absolute atomic E-state index is 0.175. The number of amides is 2. The first-order valence-corrected chi connectivity index (χ1v) is 10.1. The number of hydrogen-bond donors (Lipinski definition) is 1. The number of halogens is 1. The van der Waals surface area contributed by atoms with E-state index in [-0.39, 0.29) is 37.0 Å². The van der Waals surface area contributed by atoms with Gasteiger partial charge >= 0.3 is 0 Å². The standard InChI is InChI=1S/C18H18ClN3O4S/c19-15-5-7-16(8-6-15)27(25,26)22-11-9-21(10-12-22)18(24)14-3-1-13(2-4-14)17(20)23/h1-8H,9-12H2,(H2,20,23). The largest absolute Gasteiger partial charge is 0.366 e. The van der Waals surface area contributed by atoms with Crippen molar-refractivity contribution in [3.05, 3.63) is 64.7 Å². The first-order valence-electron chi connectivity index (χ1n) is 8.24. The fourth-order valence-electron chi connectivity index (χ4n) is 2.85. The SMILES string of the molecule is NC(=O)c1ccc(C(=O)N2CCN(S(=O)(=O)c3ccc(Cl)cc3)CC2)cc1. The summed E-state index contributed by atoms with van der Waals surface area (Å²) in [4.78, 5) is 25.4. The van der Waals surface area contributed by atoms with Gasteiger partial charge in [-0.3, -0.25) is 9.59 Å². The Morgan fingerprint density at radius 1 is 0.852 bits per heavy atom. The maximum absolute atomic E-state index is 12.7. The monoisotopic (exact) mass is 407 g/mol. The molecule has 0 radical (unpaired) electrons. The van der Waals surface area contributed by atoms with Crippen LogP contribution in [0.1, 0.15) is 20.7 Å². The highest BCUT2D eigenvalue weighted by molar-refractivity contribution is 7.89. The summed E-state index contributed by atoms with van der Waals surface area (Å²) in [6, 6.07) is 12.1. The Balaban J connectivity index is 1.66. The first-order chi connectivity index (χ1) is 12.8. The molecule has 9 heteroatoms. The van der Waals surface area contributed by atoms with E-state index in [4.69, 9.17) is 17.3 Å². The molecule has 0 spiro atoms. The van der Waals surface area contributed by atoms with Gasteiger partial charge in [-0.1, -0.05) is 11.6 Å². The first kappa shape index (κ1) is 19.3. The van der Waals surface area contributed by atoms with E-state index in [0.29, 0.717) is 16.1 Å². The van der Waals surface area contributed by atoms with Gasteiger partial charge in [-0.05, 0) is 48.5 Å². The highest BCUT2D eigenvalue weighted by atomic mass is 35.5. The van der Waals surface area contributed by atoms with Gasteiger partial charge in [0.1, 0.15) is 0 Å². The number of nitrogens with zero attached hydrogens (tertiary/aromatic N) is 2. The smallest absolute Gasteiger partial charge is 0.253 e. The molecule has 3 rings (SSSR count). The molecule has 2 amide bonds. The summed E-state index contributed by atoms with van der Waals surface area (Å²) in [5, 5.41) is 0.465. The molecule has 1 fully saturated rings. The molecule has 0 aromatic heterocycles. The molecule has 7 nitrogen and oxygen atoms in total. The lowest BCUT2D eigenvalue weighted by atomic mass is 10.1. The maximum atomic E-state index is 12.7. The lowest BCUT2D eigenvalue weighted by molar-refractivity contribution is 0.0697. The van der Waals surface area contributed by atoms with Crippen molar-refractivity contribution in [1.82, 2.24) is 9.21 Å². The Kier molecular flexibility index (Phi) is 5.50. The van der Waals surface area contributed by atoms with Gasteiger partial charge in [0.25, 0.3) is 5.91 Å². The van der Waals surface area contributed by atoms with Gasteiger partial charge in [0.15, 0.2) is 0 Å². The van der Waals surface area contributed by atoms with Crippen molar-refractivity contribution in [2.75, 3.05) is 26.2 Å². The Hall–Kier alpha value is -2.42. The van der Waals surface area contributed by atoms with E-state index in [1.54, 1.807) is 17.0 Å². The molecule has 2 aromatic rings. The molecular weight excluding hydrogens is 390 g/mol. The third-order valence-electron chi connectivity index (χ3n) is 4.39. The maximum Gasteiger partial charge on any atom is 0.253 e. The molecule has 1 saturated heterocycles. The summed E-state index contributed by atoms with van der Waals surface area (Å²) in [6.07, 6.45) is 0. The van der Waals surface area contributed by atoms with E-state index >= 15 is 0 Å². The van der Waals surface area contributed by atoms with Gasteiger partial charge < -0.3 is 10.6 Å². The minimum Gasteiger partial charge on any atom is -0.366 e. The fourth-order valence-corrected chi connectivity index (χ4v) is 4.39. The molecule has 27 heavy (non-hydrogen) atoms. The van der Waals surface area contributed by atoms with Gasteiger partial charge in [0.2, 0.25) is 15.9 Å². The quantitative estimate of drug-likeness (QED) is 0.831. The van der Waals surface area contributed by atoms with Crippen molar-refractivity contribution in [3.8, 4) is 0 Å². The van der Waals surface area contributed by atoms with E-state index in [0.717, 1.165) is 0 Å². The predicted molar refractivity (Wildman–Crippen MR) is 101 cm³/mol. The van der Waals surface area contributed by atoms with Crippen LogP contribution in [0.2, 0.25) is 5.02 Å². The zero-order valence-corrected chi connectivity index (χ0v) is 15.9. The van der Waals surface area contributed by atoms with Crippen LogP contribution in [0.4, 0.5) is 0 Å². The molecule has 2 aromatic carbocycles. The number of sulfonamides is 1. The van der Waals surface area contributed by atoms with Crippen molar-refractivity contribution in [1.29, 1.82) is 0 Å². The van der Waals surface area contributed by atoms with Crippen LogP contribution in [0.25, 0.3) is 0 Å². The second kappa shape index (κ2) is 7.67. The summed E-state index contributed by atoms with van der Waals surface area (Å²) < 4.78 is 26.7. The van der Waals surface area contributed by atoms with Crippen molar-refractivity contribution < 1.29 is 18.0 Å². The molecule has 0 bridgehead atoms. The van der Waals surface area contributed by atoms with Crippen molar-refractivity contribution in [2.45, 2.75) is 4.90 Å². The molecule has 142 valence electrons. The molecule has 1 aliphatic heterocycles. The van der Waals surface area contributed by atoms with Crippen LogP contribution in [0.5, 0.6) is 0 Å².